The molecule has 0 aromatic carbocycles. The number of allylic oxidation sites excluding steroid dienone is 8. The number of nitrogens with one attached hydrogen (secondary N) is 1. The third-order valence-corrected chi connectivity index (χ3v) is 8.04. The summed E-state index contributed by atoms with van der Waals surface area (Å²) in [6.07, 6.45) is 19.5. The molecule has 0 aliphatic carbocycles. The molecule has 5 unspecified atom stereocenters. The topological polar surface area (TPSA) is 92.7 Å². The SMILES string of the molecule is CSCCNC(=O)/C=C(\C)CC(C)[C@@H](O)C(C)C(=O)[C@H](C)/C=C(C)/C=C/CC(C)/C=C(C)\C=C\C1OC(=O)C=CC1C. The van der Waals surface area contributed by atoms with Crippen LogP contribution in [-0.2, 0) is 19.1 Å². The maximum Gasteiger partial charge on any atom is 0.331 e. The van der Waals surface area contributed by atoms with Gasteiger partial charge in [0.05, 0.1) is 6.10 Å². The smallest absolute Gasteiger partial charge is 0.331 e. The van der Waals surface area contributed by atoms with Crippen LogP contribution in [-0.4, -0.2) is 53.5 Å². The van der Waals surface area contributed by atoms with Gasteiger partial charge in [-0.2, -0.15) is 11.8 Å². The highest BCUT2D eigenvalue weighted by molar-refractivity contribution is 7.98. The number of carbonyl (C=O) groups is 3. The molecule has 2 N–H and O–H groups in total. The van der Waals surface area contributed by atoms with E-state index in [1.54, 1.807) is 24.8 Å². The summed E-state index contributed by atoms with van der Waals surface area (Å²) in [5.41, 5.74) is 3.00. The fraction of sp³-hybridized carbons (Fsp3) is 0.571. The van der Waals surface area contributed by atoms with Gasteiger partial charge in [-0.05, 0) is 57.8 Å². The molecule has 0 spiro atoms. The van der Waals surface area contributed by atoms with Crippen LogP contribution in [0.2, 0.25) is 0 Å². The predicted octanol–water partition coefficient (Wildman–Crippen LogP) is 6.79. The number of rotatable bonds is 17. The van der Waals surface area contributed by atoms with Crippen molar-refractivity contribution in [3.8, 4) is 0 Å². The second-order valence-electron chi connectivity index (χ2n) is 11.8. The molecular formula is C35H53NO5S. The minimum Gasteiger partial charge on any atom is -0.454 e. The highest BCUT2D eigenvalue weighted by Gasteiger charge is 2.29. The van der Waals surface area contributed by atoms with Gasteiger partial charge in [0.1, 0.15) is 11.9 Å². The summed E-state index contributed by atoms with van der Waals surface area (Å²) in [5, 5.41) is 13.7. The molecule has 234 valence electrons. The summed E-state index contributed by atoms with van der Waals surface area (Å²) < 4.78 is 5.36. The zero-order valence-electron chi connectivity index (χ0n) is 27.1. The van der Waals surface area contributed by atoms with Gasteiger partial charge in [0.2, 0.25) is 5.91 Å². The van der Waals surface area contributed by atoms with Crippen LogP contribution in [0.25, 0.3) is 0 Å². The largest absolute Gasteiger partial charge is 0.454 e. The van der Waals surface area contributed by atoms with E-state index in [1.807, 2.05) is 78.2 Å². The van der Waals surface area contributed by atoms with E-state index in [1.165, 1.54) is 6.08 Å². The highest BCUT2D eigenvalue weighted by atomic mass is 32.2. The fourth-order valence-corrected chi connectivity index (χ4v) is 5.28. The Bertz CT molecular complexity index is 1080. The van der Waals surface area contributed by atoms with E-state index in [4.69, 9.17) is 4.74 Å². The van der Waals surface area contributed by atoms with E-state index in [-0.39, 0.29) is 41.5 Å². The summed E-state index contributed by atoms with van der Waals surface area (Å²) in [6.45, 7) is 16.3. The standard InChI is InChI=1S/C35H53NO5S/c1-23(19-25(3)13-15-31-27(5)14-16-33(38)41-31)11-10-12-24(2)20-28(6)34(39)30(8)35(40)29(7)21-26(4)22-32(37)36-17-18-42-9/h10,12-16,19-20,22-23,27-31,35,40H,11,17-18,21H2,1-9H3,(H,36,37)/b12-10+,15-13+,24-20+,25-19-,26-22+/t23?,27?,28-,29?,30?,31?,35-/m1/s1. The van der Waals surface area contributed by atoms with Gasteiger partial charge in [0.25, 0.3) is 0 Å². The number of cyclic esters (lactones) is 1. The first-order valence-electron chi connectivity index (χ1n) is 15.0. The second-order valence-corrected chi connectivity index (χ2v) is 12.8. The Labute approximate surface area is 258 Å². The number of esters is 1. The number of ketones is 1. The fourth-order valence-electron chi connectivity index (χ4n) is 4.97. The van der Waals surface area contributed by atoms with Crippen molar-refractivity contribution in [3.63, 3.8) is 0 Å². The van der Waals surface area contributed by atoms with Gasteiger partial charge in [0.15, 0.2) is 0 Å². The van der Waals surface area contributed by atoms with Crippen molar-refractivity contribution < 1.29 is 24.2 Å². The molecule has 0 saturated carbocycles. The molecule has 7 atom stereocenters. The van der Waals surface area contributed by atoms with Gasteiger partial charge < -0.3 is 15.2 Å². The van der Waals surface area contributed by atoms with E-state index in [0.717, 1.165) is 28.9 Å². The van der Waals surface area contributed by atoms with E-state index < -0.39 is 12.0 Å². The molecule has 0 radical (unpaired) electrons. The van der Waals surface area contributed by atoms with Gasteiger partial charge in [-0.25, -0.2) is 4.79 Å². The lowest BCUT2D eigenvalue weighted by Crippen LogP contribution is -2.34. The van der Waals surface area contributed by atoms with Gasteiger partial charge in [0, 0.05) is 42.2 Å². The number of aliphatic hydroxyl groups excluding tert-OH is 1. The average molecular weight is 600 g/mol. The van der Waals surface area contributed by atoms with Gasteiger partial charge in [-0.1, -0.05) is 87.8 Å². The van der Waals surface area contributed by atoms with Crippen LogP contribution >= 0.6 is 11.8 Å². The maximum atomic E-state index is 13.1. The first-order valence-corrected chi connectivity index (χ1v) is 16.4. The number of ether oxygens (including phenoxy) is 1. The Morgan fingerprint density at radius 3 is 2.43 bits per heavy atom. The zero-order valence-corrected chi connectivity index (χ0v) is 27.9. The Kier molecular flexibility index (Phi) is 17.4. The molecule has 1 heterocycles. The third-order valence-electron chi connectivity index (χ3n) is 7.42. The molecular weight excluding hydrogens is 546 g/mol. The summed E-state index contributed by atoms with van der Waals surface area (Å²) >= 11 is 1.68. The normalized spacial score (nSPS) is 22.1. The highest BCUT2D eigenvalue weighted by Crippen LogP contribution is 2.24. The van der Waals surface area contributed by atoms with Gasteiger partial charge >= 0.3 is 5.97 Å². The van der Waals surface area contributed by atoms with E-state index in [9.17, 15) is 19.5 Å². The number of thioether (sulfide) groups is 1. The van der Waals surface area contributed by atoms with Crippen LogP contribution in [0.4, 0.5) is 0 Å². The van der Waals surface area contributed by atoms with Crippen molar-refractivity contribution in [2.45, 2.75) is 80.4 Å². The maximum absolute atomic E-state index is 13.1. The van der Waals surface area contributed by atoms with Crippen molar-refractivity contribution in [1.29, 1.82) is 0 Å². The van der Waals surface area contributed by atoms with Gasteiger partial charge in [-0.3, -0.25) is 9.59 Å². The van der Waals surface area contributed by atoms with Crippen LogP contribution in [0.5, 0.6) is 0 Å². The molecule has 7 heteroatoms. The quantitative estimate of drug-likeness (QED) is 0.0828. The molecule has 42 heavy (non-hydrogen) atoms. The lowest BCUT2D eigenvalue weighted by molar-refractivity contribution is -0.143. The monoisotopic (exact) mass is 599 g/mol. The predicted molar refractivity (Wildman–Crippen MR) is 176 cm³/mol. The molecule has 0 aromatic rings. The van der Waals surface area contributed by atoms with E-state index in [2.05, 4.69) is 24.4 Å². The third kappa shape index (κ3) is 14.5. The number of Topliss-reactive ketones (excluding diaryl/α,β-unsaturated/α-hetero) is 1. The Hall–Kier alpha value is -2.64. The molecule has 6 nitrogen and oxygen atoms in total. The number of hydrogen-bond donors (Lipinski definition) is 2. The van der Waals surface area contributed by atoms with Crippen molar-refractivity contribution in [2.24, 2.45) is 29.6 Å². The first-order chi connectivity index (χ1) is 19.7. The number of aliphatic hydroxyl groups is 1. The molecule has 0 saturated heterocycles. The van der Waals surface area contributed by atoms with Crippen molar-refractivity contribution in [1.82, 2.24) is 5.32 Å². The number of carbonyl (C=O) groups excluding carboxylic acids is 3. The lowest BCUT2D eigenvalue weighted by atomic mass is 9.83. The van der Waals surface area contributed by atoms with Crippen LogP contribution in [0.3, 0.4) is 0 Å². The molecule has 0 fully saturated rings. The minimum atomic E-state index is -0.790. The molecule has 0 aromatic heterocycles. The second kappa shape index (κ2) is 19.5. The molecule has 1 aliphatic heterocycles. The average Bonchev–Trinajstić information content (AvgIpc) is 2.92. The van der Waals surface area contributed by atoms with Gasteiger partial charge in [-0.15, -0.1) is 0 Å². The summed E-state index contributed by atoms with van der Waals surface area (Å²) in [5.74, 6) is -0.0554. The molecule has 1 rings (SSSR count). The van der Waals surface area contributed by atoms with Crippen molar-refractivity contribution in [2.75, 3.05) is 18.6 Å². The number of amides is 1. The summed E-state index contributed by atoms with van der Waals surface area (Å²) in [6, 6.07) is 0. The Morgan fingerprint density at radius 2 is 1.76 bits per heavy atom. The molecule has 0 bridgehead atoms. The van der Waals surface area contributed by atoms with Crippen LogP contribution in [0.15, 0.2) is 71.4 Å². The number of hydrogen-bond acceptors (Lipinski definition) is 6. The molecule has 1 aliphatic rings. The van der Waals surface area contributed by atoms with Crippen LogP contribution in [0.1, 0.15) is 68.2 Å². The first kappa shape index (κ1) is 37.4. The lowest BCUT2D eigenvalue weighted by Gasteiger charge is -2.25. The van der Waals surface area contributed by atoms with Crippen molar-refractivity contribution >= 4 is 29.4 Å². The van der Waals surface area contributed by atoms with Crippen molar-refractivity contribution in [3.05, 3.63) is 71.4 Å². The Balaban J connectivity index is 2.61. The summed E-state index contributed by atoms with van der Waals surface area (Å²) in [7, 11) is 0. The van der Waals surface area contributed by atoms with E-state index >= 15 is 0 Å². The summed E-state index contributed by atoms with van der Waals surface area (Å²) in [4.78, 5) is 36.6. The molecule has 1 amide bonds. The Morgan fingerprint density at radius 1 is 1.10 bits per heavy atom. The van der Waals surface area contributed by atoms with Crippen LogP contribution < -0.4 is 5.32 Å². The zero-order chi connectivity index (χ0) is 31.8. The van der Waals surface area contributed by atoms with E-state index in [0.29, 0.717) is 18.9 Å². The van der Waals surface area contributed by atoms with Crippen LogP contribution in [0, 0.1) is 29.6 Å². The minimum absolute atomic E-state index is 0.00529.